The predicted octanol–water partition coefficient (Wildman–Crippen LogP) is 12.6. The zero-order valence-corrected chi connectivity index (χ0v) is 25.3. The van der Waals surface area contributed by atoms with Crippen molar-refractivity contribution in [3.8, 4) is 44.7 Å². The van der Waals surface area contributed by atoms with E-state index in [0.29, 0.717) is 0 Å². The summed E-state index contributed by atoms with van der Waals surface area (Å²) in [7, 11) is 0. The molecule has 0 saturated carbocycles. The molecule has 1 aromatic heterocycles. The molecule has 0 fully saturated rings. The Balaban J connectivity index is 1.32. The second-order valence-electron chi connectivity index (χ2n) is 11.3. The Morgan fingerprint density at radius 2 is 0.783 bits per heavy atom. The highest BCUT2D eigenvalue weighted by molar-refractivity contribution is 6.04. The summed E-state index contributed by atoms with van der Waals surface area (Å²) in [6.07, 6.45) is 0. The number of hydrogen-bond acceptors (Lipinski definition) is 2. The Bertz CT molecular complexity index is 2130. The van der Waals surface area contributed by atoms with Crippen molar-refractivity contribution in [3.05, 3.63) is 188 Å². The quantitative estimate of drug-likeness (QED) is 0.184. The summed E-state index contributed by atoms with van der Waals surface area (Å²) >= 11 is 0. The van der Waals surface area contributed by atoms with Gasteiger partial charge >= 0.3 is 0 Å². The third-order valence-corrected chi connectivity index (χ3v) is 8.51. The van der Waals surface area contributed by atoms with Crippen molar-refractivity contribution < 1.29 is 4.42 Å². The molecule has 218 valence electrons. The van der Waals surface area contributed by atoms with Crippen LogP contribution in [0.15, 0.2) is 192 Å². The van der Waals surface area contributed by atoms with E-state index >= 15 is 0 Å². The SMILES string of the molecule is c1ccc(-c2ccc(N(c3ccc(-c4ccccc4)cc3)c3ccccc3-c3oc4ccccc4c3-c3ccccc3)cc2)cc1. The van der Waals surface area contributed by atoms with E-state index in [0.717, 1.165) is 50.5 Å². The van der Waals surface area contributed by atoms with E-state index in [9.17, 15) is 0 Å². The van der Waals surface area contributed by atoms with Crippen molar-refractivity contribution >= 4 is 28.0 Å². The number of hydrogen-bond donors (Lipinski definition) is 0. The van der Waals surface area contributed by atoms with E-state index in [-0.39, 0.29) is 0 Å². The monoisotopic (exact) mass is 589 g/mol. The van der Waals surface area contributed by atoms with Gasteiger partial charge < -0.3 is 9.32 Å². The third-order valence-electron chi connectivity index (χ3n) is 8.51. The average molecular weight is 590 g/mol. The Hall–Kier alpha value is -6.12. The van der Waals surface area contributed by atoms with Crippen molar-refractivity contribution in [2.45, 2.75) is 0 Å². The molecule has 0 aliphatic carbocycles. The molecule has 0 unspecified atom stereocenters. The summed E-state index contributed by atoms with van der Waals surface area (Å²) in [5.74, 6) is 0.856. The lowest BCUT2D eigenvalue weighted by molar-refractivity contribution is 0.632. The highest BCUT2D eigenvalue weighted by Gasteiger charge is 2.23. The molecule has 0 spiro atoms. The van der Waals surface area contributed by atoms with Gasteiger partial charge in [-0.05, 0) is 70.3 Å². The van der Waals surface area contributed by atoms with Gasteiger partial charge in [-0.15, -0.1) is 0 Å². The van der Waals surface area contributed by atoms with Crippen LogP contribution in [0.1, 0.15) is 0 Å². The van der Waals surface area contributed by atoms with Crippen LogP contribution in [0.2, 0.25) is 0 Å². The van der Waals surface area contributed by atoms with Crippen molar-refractivity contribution in [2.75, 3.05) is 4.90 Å². The van der Waals surface area contributed by atoms with Crippen LogP contribution >= 0.6 is 0 Å². The minimum absolute atomic E-state index is 0.856. The zero-order valence-electron chi connectivity index (χ0n) is 25.3. The molecule has 0 aliphatic rings. The molecule has 2 nitrogen and oxygen atoms in total. The molecule has 0 amide bonds. The molecule has 0 saturated heterocycles. The molecule has 7 aromatic carbocycles. The molecular weight excluding hydrogens is 558 g/mol. The minimum atomic E-state index is 0.856. The van der Waals surface area contributed by atoms with Crippen LogP contribution in [-0.2, 0) is 0 Å². The molecule has 8 aromatic rings. The first-order valence-corrected chi connectivity index (χ1v) is 15.6. The van der Waals surface area contributed by atoms with Crippen molar-refractivity contribution in [2.24, 2.45) is 0 Å². The van der Waals surface area contributed by atoms with E-state index in [1.54, 1.807) is 0 Å². The number of rotatable bonds is 7. The minimum Gasteiger partial charge on any atom is -0.455 e. The average Bonchev–Trinajstić information content (AvgIpc) is 3.53. The number of anilines is 3. The second-order valence-corrected chi connectivity index (χ2v) is 11.3. The van der Waals surface area contributed by atoms with Gasteiger partial charge in [-0.1, -0.05) is 146 Å². The lowest BCUT2D eigenvalue weighted by Gasteiger charge is -2.28. The number of nitrogens with zero attached hydrogens (tertiary/aromatic N) is 1. The zero-order chi connectivity index (χ0) is 30.7. The first-order valence-electron chi connectivity index (χ1n) is 15.6. The smallest absolute Gasteiger partial charge is 0.145 e. The number of para-hydroxylation sites is 2. The lowest BCUT2D eigenvalue weighted by atomic mass is 9.97. The van der Waals surface area contributed by atoms with Gasteiger partial charge in [-0.2, -0.15) is 0 Å². The first-order chi connectivity index (χ1) is 22.8. The molecule has 0 aliphatic heterocycles. The molecule has 1 heterocycles. The van der Waals surface area contributed by atoms with Gasteiger partial charge in [0.2, 0.25) is 0 Å². The van der Waals surface area contributed by atoms with Gasteiger partial charge in [-0.25, -0.2) is 0 Å². The van der Waals surface area contributed by atoms with E-state index in [2.05, 4.69) is 187 Å². The fourth-order valence-electron chi connectivity index (χ4n) is 6.28. The topological polar surface area (TPSA) is 16.4 Å². The molecule has 2 heteroatoms. The molecule has 8 rings (SSSR count). The van der Waals surface area contributed by atoms with Gasteiger partial charge in [0, 0.05) is 27.9 Å². The van der Waals surface area contributed by atoms with Gasteiger partial charge in [0.15, 0.2) is 0 Å². The highest BCUT2D eigenvalue weighted by Crippen LogP contribution is 2.47. The lowest BCUT2D eigenvalue weighted by Crippen LogP contribution is -2.11. The molecule has 0 radical (unpaired) electrons. The summed E-state index contributed by atoms with van der Waals surface area (Å²) in [6, 6.07) is 66.1. The predicted molar refractivity (Wildman–Crippen MR) is 193 cm³/mol. The maximum atomic E-state index is 6.73. The standard InChI is InChI=1S/C44H31NO/c1-4-14-32(15-5-1)34-24-28-37(29-25-34)45(38-30-26-35(27-31-38)33-16-6-2-7-17-33)41-22-12-10-20-39(41)44-43(36-18-8-3-9-19-36)40-21-11-13-23-42(40)46-44/h1-31H. The van der Waals surface area contributed by atoms with E-state index in [1.165, 1.54) is 22.3 Å². The maximum Gasteiger partial charge on any atom is 0.145 e. The summed E-state index contributed by atoms with van der Waals surface area (Å²) in [5, 5.41) is 1.10. The van der Waals surface area contributed by atoms with Gasteiger partial charge in [0.05, 0.1) is 5.69 Å². The fraction of sp³-hybridized carbons (Fsp3) is 0. The van der Waals surface area contributed by atoms with Crippen LogP contribution in [0.5, 0.6) is 0 Å². The van der Waals surface area contributed by atoms with Crippen LogP contribution in [0.4, 0.5) is 17.1 Å². The Kier molecular flexibility index (Phi) is 7.22. The number of furan rings is 1. The van der Waals surface area contributed by atoms with E-state index in [4.69, 9.17) is 4.42 Å². The highest BCUT2D eigenvalue weighted by atomic mass is 16.3. The van der Waals surface area contributed by atoms with Crippen LogP contribution in [-0.4, -0.2) is 0 Å². The van der Waals surface area contributed by atoms with Crippen LogP contribution in [0.3, 0.4) is 0 Å². The van der Waals surface area contributed by atoms with Gasteiger partial charge in [0.25, 0.3) is 0 Å². The van der Waals surface area contributed by atoms with Crippen molar-refractivity contribution in [1.29, 1.82) is 0 Å². The first kappa shape index (κ1) is 27.4. The van der Waals surface area contributed by atoms with Crippen LogP contribution < -0.4 is 4.90 Å². The van der Waals surface area contributed by atoms with E-state index in [1.807, 2.05) is 6.07 Å². The van der Waals surface area contributed by atoms with Gasteiger partial charge in [-0.3, -0.25) is 0 Å². The largest absolute Gasteiger partial charge is 0.455 e. The van der Waals surface area contributed by atoms with Crippen molar-refractivity contribution in [1.82, 2.24) is 0 Å². The summed E-state index contributed by atoms with van der Waals surface area (Å²) in [4.78, 5) is 2.33. The van der Waals surface area contributed by atoms with Crippen molar-refractivity contribution in [3.63, 3.8) is 0 Å². The normalized spacial score (nSPS) is 11.0. The Morgan fingerprint density at radius 3 is 1.35 bits per heavy atom. The Morgan fingerprint density at radius 1 is 0.348 bits per heavy atom. The summed E-state index contributed by atoms with van der Waals surface area (Å²) < 4.78 is 6.73. The maximum absolute atomic E-state index is 6.73. The summed E-state index contributed by atoms with van der Waals surface area (Å²) in [6.45, 7) is 0. The summed E-state index contributed by atoms with van der Waals surface area (Å²) in [5.41, 5.74) is 12.1. The molecule has 0 bridgehead atoms. The van der Waals surface area contributed by atoms with Crippen LogP contribution in [0, 0.1) is 0 Å². The molecule has 0 atom stereocenters. The third kappa shape index (κ3) is 5.16. The second kappa shape index (κ2) is 12.1. The molecular formula is C44H31NO. The van der Waals surface area contributed by atoms with Crippen LogP contribution in [0.25, 0.3) is 55.7 Å². The van der Waals surface area contributed by atoms with Gasteiger partial charge in [0.1, 0.15) is 11.3 Å². The molecule has 46 heavy (non-hydrogen) atoms. The van der Waals surface area contributed by atoms with E-state index < -0.39 is 0 Å². The number of fused-ring (bicyclic) bond motifs is 1. The number of benzene rings is 7. The fourth-order valence-corrected chi connectivity index (χ4v) is 6.28. The Labute approximate surface area is 269 Å². The molecule has 0 N–H and O–H groups in total.